The second-order valence-electron chi connectivity index (χ2n) is 2.75. The first-order valence-corrected chi connectivity index (χ1v) is 4.37. The summed E-state index contributed by atoms with van der Waals surface area (Å²) in [4.78, 5) is 10.4. The maximum absolute atomic E-state index is 12.4. The van der Waals surface area contributed by atoms with Crippen LogP contribution in [0.4, 0.5) is 18.9 Å². The minimum absolute atomic E-state index is 0.154. The Bertz CT molecular complexity index is 365. The normalized spacial score (nSPS) is 11.2. The molecule has 0 fully saturated rings. The highest BCUT2D eigenvalue weighted by Crippen LogP contribution is 2.34. The monoisotopic (exact) mass is 237 g/mol. The summed E-state index contributed by atoms with van der Waals surface area (Å²) in [6.07, 6.45) is -4.45. The fourth-order valence-corrected chi connectivity index (χ4v) is 1.12. The molecule has 0 aliphatic carbocycles. The Hall–Kier alpha value is -1.23. The molecule has 0 radical (unpaired) electrons. The van der Waals surface area contributed by atoms with E-state index in [-0.39, 0.29) is 12.2 Å². The molecule has 0 atom stereocenters. The van der Waals surface area contributed by atoms with Gasteiger partial charge in [-0.1, -0.05) is 12.1 Å². The summed E-state index contributed by atoms with van der Waals surface area (Å²) in [5, 5.41) is 1.57. The van der Waals surface area contributed by atoms with Crippen molar-refractivity contribution in [3.05, 3.63) is 29.8 Å². The predicted octanol–water partition coefficient (Wildman–Crippen LogP) is 2.88. The van der Waals surface area contributed by atoms with Gasteiger partial charge in [-0.25, -0.2) is 0 Å². The molecular formula is C9H7ClF3NO. The SMILES string of the molecule is O=C(Cl)CNc1ccccc1C(F)(F)F. The number of carbonyl (C=O) groups excluding carboxylic acids is 1. The summed E-state index contributed by atoms with van der Waals surface area (Å²) in [5.41, 5.74) is -0.970. The minimum atomic E-state index is -4.45. The van der Waals surface area contributed by atoms with E-state index in [1.807, 2.05) is 0 Å². The molecule has 0 amide bonds. The molecule has 0 aliphatic rings. The Kier molecular flexibility index (Phi) is 3.57. The van der Waals surface area contributed by atoms with E-state index in [0.717, 1.165) is 6.07 Å². The van der Waals surface area contributed by atoms with Crippen LogP contribution < -0.4 is 5.32 Å². The first-order valence-electron chi connectivity index (χ1n) is 3.99. The smallest absolute Gasteiger partial charge is 0.376 e. The third kappa shape index (κ3) is 3.43. The van der Waals surface area contributed by atoms with E-state index in [0.29, 0.717) is 0 Å². The number of halogens is 4. The molecule has 0 saturated carbocycles. The van der Waals surface area contributed by atoms with Crippen LogP contribution in [0, 0.1) is 0 Å². The van der Waals surface area contributed by atoms with E-state index in [9.17, 15) is 18.0 Å². The first-order chi connectivity index (χ1) is 6.91. The molecule has 1 N–H and O–H groups in total. The summed E-state index contributed by atoms with van der Waals surface area (Å²) in [7, 11) is 0. The Morgan fingerprint density at radius 1 is 1.33 bits per heavy atom. The number of hydrogen-bond acceptors (Lipinski definition) is 2. The van der Waals surface area contributed by atoms with Crippen molar-refractivity contribution in [2.45, 2.75) is 6.18 Å². The molecule has 0 spiro atoms. The Morgan fingerprint density at radius 2 is 1.93 bits per heavy atom. The van der Waals surface area contributed by atoms with Crippen LogP contribution in [0.1, 0.15) is 5.56 Å². The predicted molar refractivity (Wildman–Crippen MR) is 50.8 cm³/mol. The van der Waals surface area contributed by atoms with Gasteiger partial charge in [-0.2, -0.15) is 13.2 Å². The van der Waals surface area contributed by atoms with Crippen LogP contribution in [0.2, 0.25) is 0 Å². The van der Waals surface area contributed by atoms with Gasteiger partial charge >= 0.3 is 6.18 Å². The number of anilines is 1. The van der Waals surface area contributed by atoms with Crippen LogP contribution >= 0.6 is 11.6 Å². The highest BCUT2D eigenvalue weighted by molar-refractivity contribution is 6.64. The lowest BCUT2D eigenvalue weighted by Gasteiger charge is -2.12. The number of carbonyl (C=O) groups is 1. The summed E-state index contributed by atoms with van der Waals surface area (Å²) in [6, 6.07) is 4.89. The van der Waals surface area contributed by atoms with Gasteiger partial charge < -0.3 is 5.32 Å². The summed E-state index contributed by atoms with van der Waals surface area (Å²) < 4.78 is 37.2. The van der Waals surface area contributed by atoms with E-state index < -0.39 is 17.0 Å². The van der Waals surface area contributed by atoms with Crippen molar-refractivity contribution >= 4 is 22.5 Å². The van der Waals surface area contributed by atoms with Gasteiger partial charge in [0, 0.05) is 5.69 Å². The molecule has 82 valence electrons. The minimum Gasteiger partial charge on any atom is -0.376 e. The zero-order chi connectivity index (χ0) is 11.5. The summed E-state index contributed by atoms with van der Waals surface area (Å²) in [5.74, 6) is 0. The molecule has 1 rings (SSSR count). The number of para-hydroxylation sites is 1. The van der Waals surface area contributed by atoms with Crippen LogP contribution in [0.3, 0.4) is 0 Å². The molecule has 1 aromatic carbocycles. The van der Waals surface area contributed by atoms with Crippen molar-refractivity contribution in [3.8, 4) is 0 Å². The van der Waals surface area contributed by atoms with Crippen LogP contribution in [-0.2, 0) is 11.0 Å². The van der Waals surface area contributed by atoms with Crippen molar-refractivity contribution < 1.29 is 18.0 Å². The van der Waals surface area contributed by atoms with Crippen molar-refractivity contribution in [3.63, 3.8) is 0 Å². The van der Waals surface area contributed by atoms with E-state index in [1.165, 1.54) is 18.2 Å². The maximum Gasteiger partial charge on any atom is 0.418 e. The quantitative estimate of drug-likeness (QED) is 0.819. The third-order valence-corrected chi connectivity index (χ3v) is 1.78. The fourth-order valence-electron chi connectivity index (χ4n) is 1.05. The van der Waals surface area contributed by atoms with E-state index in [4.69, 9.17) is 11.6 Å². The topological polar surface area (TPSA) is 29.1 Å². The molecule has 0 aliphatic heterocycles. The maximum atomic E-state index is 12.4. The lowest BCUT2D eigenvalue weighted by atomic mass is 10.1. The van der Waals surface area contributed by atoms with Crippen LogP contribution in [-0.4, -0.2) is 11.8 Å². The largest absolute Gasteiger partial charge is 0.418 e. The van der Waals surface area contributed by atoms with Crippen molar-refractivity contribution in [1.29, 1.82) is 0 Å². The number of benzene rings is 1. The van der Waals surface area contributed by atoms with E-state index in [2.05, 4.69) is 5.32 Å². The van der Waals surface area contributed by atoms with Crippen LogP contribution in [0.5, 0.6) is 0 Å². The van der Waals surface area contributed by atoms with Gasteiger partial charge in [0.15, 0.2) is 0 Å². The van der Waals surface area contributed by atoms with Crippen LogP contribution in [0.25, 0.3) is 0 Å². The highest BCUT2D eigenvalue weighted by atomic mass is 35.5. The van der Waals surface area contributed by atoms with Gasteiger partial charge in [-0.05, 0) is 23.7 Å². The average Bonchev–Trinajstić information content (AvgIpc) is 2.13. The van der Waals surface area contributed by atoms with Gasteiger partial charge in [0.2, 0.25) is 5.24 Å². The van der Waals surface area contributed by atoms with Gasteiger partial charge in [0.25, 0.3) is 0 Å². The Balaban J connectivity index is 2.92. The highest BCUT2D eigenvalue weighted by Gasteiger charge is 2.33. The molecule has 1 aromatic rings. The zero-order valence-corrected chi connectivity index (χ0v) is 8.19. The first kappa shape index (κ1) is 11.8. The fraction of sp³-hybridized carbons (Fsp3) is 0.222. The van der Waals surface area contributed by atoms with Crippen molar-refractivity contribution in [2.24, 2.45) is 0 Å². The zero-order valence-electron chi connectivity index (χ0n) is 7.44. The van der Waals surface area contributed by atoms with E-state index in [1.54, 1.807) is 0 Å². The Labute approximate surface area is 89.0 Å². The lowest BCUT2D eigenvalue weighted by molar-refractivity contribution is -0.137. The van der Waals surface area contributed by atoms with Crippen LogP contribution in [0.15, 0.2) is 24.3 Å². The average molecular weight is 238 g/mol. The third-order valence-electron chi connectivity index (χ3n) is 1.65. The van der Waals surface area contributed by atoms with Gasteiger partial charge in [-0.15, -0.1) is 0 Å². The second kappa shape index (κ2) is 4.53. The standard InChI is InChI=1S/C9H7ClF3NO/c10-8(15)5-14-7-4-2-1-3-6(7)9(11,12)13/h1-4,14H,5H2. The number of nitrogens with one attached hydrogen (secondary N) is 1. The summed E-state index contributed by atoms with van der Waals surface area (Å²) >= 11 is 5.01. The van der Waals surface area contributed by atoms with Gasteiger partial charge in [0.1, 0.15) is 0 Å². The summed E-state index contributed by atoms with van der Waals surface area (Å²) in [6.45, 7) is -0.339. The molecule has 2 nitrogen and oxygen atoms in total. The molecule has 0 aromatic heterocycles. The molecule has 0 bridgehead atoms. The molecule has 15 heavy (non-hydrogen) atoms. The number of rotatable bonds is 3. The second-order valence-corrected chi connectivity index (χ2v) is 3.17. The van der Waals surface area contributed by atoms with E-state index >= 15 is 0 Å². The Morgan fingerprint density at radius 3 is 2.47 bits per heavy atom. The lowest BCUT2D eigenvalue weighted by Crippen LogP contribution is -2.14. The molecule has 0 unspecified atom stereocenters. The number of hydrogen-bond donors (Lipinski definition) is 1. The molecule has 6 heteroatoms. The number of alkyl halides is 3. The van der Waals surface area contributed by atoms with Crippen molar-refractivity contribution in [2.75, 3.05) is 11.9 Å². The van der Waals surface area contributed by atoms with Gasteiger partial charge in [-0.3, -0.25) is 4.79 Å². The molecular weight excluding hydrogens is 231 g/mol. The molecule has 0 saturated heterocycles. The van der Waals surface area contributed by atoms with Gasteiger partial charge in [0.05, 0.1) is 12.1 Å². The molecule has 0 heterocycles. The van der Waals surface area contributed by atoms with Crippen molar-refractivity contribution in [1.82, 2.24) is 0 Å².